The summed E-state index contributed by atoms with van der Waals surface area (Å²) < 4.78 is 0. The Hall–Kier alpha value is -2.75. The second kappa shape index (κ2) is 11.2. The van der Waals surface area contributed by atoms with Crippen LogP contribution in [0.15, 0.2) is 58.8 Å². The van der Waals surface area contributed by atoms with Crippen molar-refractivity contribution in [1.82, 2.24) is 4.98 Å². The minimum atomic E-state index is -0.237. The van der Waals surface area contributed by atoms with Crippen molar-refractivity contribution in [3.63, 3.8) is 0 Å². The number of anilines is 3. The van der Waals surface area contributed by atoms with Crippen LogP contribution in [0.5, 0.6) is 0 Å². The number of nitrogens with one attached hydrogen (secondary N) is 3. The van der Waals surface area contributed by atoms with E-state index in [4.69, 9.17) is 12.2 Å². The van der Waals surface area contributed by atoms with Crippen LogP contribution in [0.4, 0.5) is 16.5 Å². The zero-order chi connectivity index (χ0) is 23.1. The van der Waals surface area contributed by atoms with E-state index in [0.29, 0.717) is 22.2 Å². The summed E-state index contributed by atoms with van der Waals surface area (Å²) in [5.41, 5.74) is 3.15. The fourth-order valence-electron chi connectivity index (χ4n) is 2.81. The van der Waals surface area contributed by atoms with Crippen molar-refractivity contribution < 1.29 is 9.59 Å². The molecule has 2 aromatic carbocycles. The van der Waals surface area contributed by atoms with Gasteiger partial charge >= 0.3 is 0 Å². The first-order chi connectivity index (χ1) is 15.3. The molecule has 3 rings (SSSR count). The van der Waals surface area contributed by atoms with E-state index in [1.165, 1.54) is 30.0 Å². The first-order valence-electron chi connectivity index (χ1n) is 10.0. The lowest BCUT2D eigenvalue weighted by molar-refractivity contribution is -0.115. The fraction of sp³-hybridized carbons (Fsp3) is 0.217. The number of aromatic nitrogens is 1. The van der Waals surface area contributed by atoms with E-state index in [1.54, 1.807) is 12.1 Å². The van der Waals surface area contributed by atoms with Crippen LogP contribution in [0.2, 0.25) is 0 Å². The summed E-state index contributed by atoms with van der Waals surface area (Å²) in [5.74, 6) is -0.0381. The number of aryl methyl sites for hydroxylation is 1. The molecule has 0 bridgehead atoms. The predicted molar refractivity (Wildman–Crippen MR) is 138 cm³/mol. The number of thioether (sulfide) groups is 1. The van der Waals surface area contributed by atoms with Gasteiger partial charge in [0.1, 0.15) is 0 Å². The van der Waals surface area contributed by atoms with E-state index in [9.17, 15) is 9.59 Å². The van der Waals surface area contributed by atoms with Gasteiger partial charge in [0.2, 0.25) is 5.91 Å². The van der Waals surface area contributed by atoms with E-state index in [2.05, 4.69) is 20.9 Å². The van der Waals surface area contributed by atoms with Crippen LogP contribution in [-0.2, 0) is 4.79 Å². The van der Waals surface area contributed by atoms with Gasteiger partial charge in [-0.3, -0.25) is 9.59 Å². The Bertz CT molecular complexity index is 1110. The van der Waals surface area contributed by atoms with Crippen LogP contribution in [0.1, 0.15) is 36.3 Å². The fourth-order valence-corrected chi connectivity index (χ4v) is 4.75. The minimum absolute atomic E-state index is 0.0207. The Kier molecular flexibility index (Phi) is 8.38. The van der Waals surface area contributed by atoms with Gasteiger partial charge in [-0.25, -0.2) is 4.98 Å². The topological polar surface area (TPSA) is 83.1 Å². The summed E-state index contributed by atoms with van der Waals surface area (Å²) in [4.78, 5) is 29.3. The van der Waals surface area contributed by atoms with Crippen molar-refractivity contribution in [3.8, 4) is 0 Å². The van der Waals surface area contributed by atoms with Crippen molar-refractivity contribution in [2.45, 2.75) is 37.3 Å². The summed E-state index contributed by atoms with van der Waals surface area (Å²) in [5, 5.41) is 11.9. The maximum atomic E-state index is 12.7. The van der Waals surface area contributed by atoms with Crippen molar-refractivity contribution in [2.24, 2.45) is 0 Å². The van der Waals surface area contributed by atoms with E-state index >= 15 is 0 Å². The lowest BCUT2D eigenvalue weighted by Gasteiger charge is -2.15. The average Bonchev–Trinajstić information content (AvgIpc) is 3.17. The van der Waals surface area contributed by atoms with Crippen molar-refractivity contribution in [2.75, 3.05) is 16.0 Å². The largest absolute Gasteiger partial charge is 0.332 e. The number of Topliss-reactive ketones (excluding diaryl/α,β-unsaturated/α-hetero) is 1. The number of thiazole rings is 1. The lowest BCUT2D eigenvalue weighted by atomic mass is 10.1. The molecule has 1 atom stereocenters. The maximum Gasteiger partial charge on any atom is 0.239 e. The molecule has 0 spiro atoms. The van der Waals surface area contributed by atoms with Gasteiger partial charge in [0.15, 0.2) is 16.0 Å². The normalized spacial score (nSPS) is 11.5. The van der Waals surface area contributed by atoms with E-state index < -0.39 is 0 Å². The van der Waals surface area contributed by atoms with Gasteiger partial charge < -0.3 is 16.0 Å². The number of thiocarbonyl (C=S) groups is 1. The molecule has 9 heteroatoms. The zero-order valence-electron chi connectivity index (χ0n) is 18.0. The molecular formula is C23H24N4O2S3. The molecular weight excluding hydrogens is 460 g/mol. The Morgan fingerprint density at radius 3 is 2.44 bits per heavy atom. The molecule has 3 aromatic rings. The minimum Gasteiger partial charge on any atom is -0.332 e. The van der Waals surface area contributed by atoms with Crippen molar-refractivity contribution >= 4 is 68.6 Å². The second-order valence-corrected chi connectivity index (χ2v) is 9.58. The second-order valence-electron chi connectivity index (χ2n) is 7.04. The number of benzene rings is 2. The van der Waals surface area contributed by atoms with Gasteiger partial charge in [0.25, 0.3) is 0 Å². The average molecular weight is 485 g/mol. The molecule has 0 radical (unpaired) electrons. The molecule has 1 aromatic heterocycles. The summed E-state index contributed by atoms with van der Waals surface area (Å²) in [7, 11) is 0. The number of hydrogen-bond acceptors (Lipinski definition) is 6. The summed E-state index contributed by atoms with van der Waals surface area (Å²) in [6, 6.07) is 14.9. The van der Waals surface area contributed by atoms with Crippen LogP contribution < -0.4 is 16.0 Å². The number of amides is 1. The smallest absolute Gasteiger partial charge is 0.239 e. The quantitative estimate of drug-likeness (QED) is 0.206. The van der Waals surface area contributed by atoms with Gasteiger partial charge in [-0.15, -0.1) is 23.1 Å². The first kappa shape index (κ1) is 23.9. The molecule has 1 heterocycles. The van der Waals surface area contributed by atoms with E-state index in [0.717, 1.165) is 22.0 Å². The number of nitrogens with zero attached hydrogens (tertiary/aromatic N) is 1. The highest BCUT2D eigenvalue weighted by Gasteiger charge is 2.19. The molecule has 0 aliphatic carbocycles. The van der Waals surface area contributed by atoms with Crippen LogP contribution in [-0.4, -0.2) is 27.0 Å². The van der Waals surface area contributed by atoms with Crippen LogP contribution in [0.3, 0.4) is 0 Å². The van der Waals surface area contributed by atoms with E-state index in [1.807, 2.05) is 55.6 Å². The standard InChI is InChI=1S/C23H24N4O2S3/c1-4-20(21(29)27-23-24-14(2)13-31-23)32-19-7-5-6-18(12-19)26-22(30)25-17-10-8-16(9-11-17)15(3)28/h5-13,20H,4H2,1-3H3,(H,24,27,29)(H2,25,26,30). The van der Waals surface area contributed by atoms with Crippen LogP contribution >= 0.6 is 35.3 Å². The molecule has 0 fully saturated rings. The van der Waals surface area contributed by atoms with Gasteiger partial charge in [-0.05, 0) is 75.0 Å². The maximum absolute atomic E-state index is 12.7. The molecule has 3 N–H and O–H groups in total. The Morgan fingerprint density at radius 2 is 1.81 bits per heavy atom. The molecule has 32 heavy (non-hydrogen) atoms. The van der Waals surface area contributed by atoms with Gasteiger partial charge in [0.05, 0.1) is 10.9 Å². The van der Waals surface area contributed by atoms with Crippen LogP contribution in [0, 0.1) is 6.92 Å². The molecule has 166 valence electrons. The van der Waals surface area contributed by atoms with Crippen molar-refractivity contribution in [1.29, 1.82) is 0 Å². The summed E-state index contributed by atoms with van der Waals surface area (Å²) in [6.45, 7) is 5.42. The summed E-state index contributed by atoms with van der Waals surface area (Å²) in [6.07, 6.45) is 0.689. The third-order valence-electron chi connectivity index (χ3n) is 4.43. The SMILES string of the molecule is CCC(Sc1cccc(NC(=S)Nc2ccc(C(C)=O)cc2)c1)C(=O)Nc1nc(C)cs1. The Labute approximate surface area is 201 Å². The molecule has 1 amide bonds. The van der Waals surface area contributed by atoms with Crippen LogP contribution in [0.25, 0.3) is 0 Å². The number of carbonyl (C=O) groups is 2. The highest BCUT2D eigenvalue weighted by molar-refractivity contribution is 8.00. The van der Waals surface area contributed by atoms with E-state index in [-0.39, 0.29) is 16.9 Å². The van der Waals surface area contributed by atoms with Gasteiger partial charge in [-0.2, -0.15) is 0 Å². The van der Waals surface area contributed by atoms with Gasteiger partial charge in [-0.1, -0.05) is 13.0 Å². The zero-order valence-corrected chi connectivity index (χ0v) is 20.4. The third-order valence-corrected chi connectivity index (χ3v) is 6.87. The Balaban J connectivity index is 1.59. The summed E-state index contributed by atoms with van der Waals surface area (Å²) >= 11 is 8.33. The van der Waals surface area contributed by atoms with Gasteiger partial charge in [0, 0.05) is 27.2 Å². The Morgan fingerprint density at radius 1 is 1.09 bits per heavy atom. The molecule has 0 saturated heterocycles. The highest BCUT2D eigenvalue weighted by Crippen LogP contribution is 2.29. The highest BCUT2D eigenvalue weighted by atomic mass is 32.2. The predicted octanol–water partition coefficient (Wildman–Crippen LogP) is 5.97. The molecule has 0 aliphatic heterocycles. The number of hydrogen-bond donors (Lipinski definition) is 3. The molecule has 6 nitrogen and oxygen atoms in total. The number of rotatable bonds is 8. The number of carbonyl (C=O) groups excluding carboxylic acids is 2. The first-order valence-corrected chi connectivity index (χ1v) is 12.2. The lowest BCUT2D eigenvalue weighted by Crippen LogP contribution is -2.24. The molecule has 0 saturated carbocycles. The molecule has 1 unspecified atom stereocenters. The monoisotopic (exact) mass is 484 g/mol. The number of ketones is 1. The molecule has 0 aliphatic rings. The van der Waals surface area contributed by atoms with Crippen molar-refractivity contribution in [3.05, 3.63) is 65.2 Å². The third kappa shape index (κ3) is 6.88.